The van der Waals surface area contributed by atoms with Crippen molar-refractivity contribution in [1.82, 2.24) is 20.0 Å². The average Bonchev–Trinajstić information content (AvgIpc) is 2.68. The van der Waals surface area contributed by atoms with Crippen LogP contribution >= 0.6 is 11.6 Å². The third-order valence-electron chi connectivity index (χ3n) is 4.56. The topological polar surface area (TPSA) is 98.7 Å². The first-order chi connectivity index (χ1) is 14.3. The van der Waals surface area contributed by atoms with E-state index in [0.29, 0.717) is 42.8 Å². The normalized spacial score (nSPS) is 15.1. The van der Waals surface area contributed by atoms with Crippen molar-refractivity contribution >= 4 is 29.3 Å². The lowest BCUT2D eigenvalue weighted by Crippen LogP contribution is -2.40. The van der Waals surface area contributed by atoms with E-state index >= 15 is 0 Å². The van der Waals surface area contributed by atoms with Crippen molar-refractivity contribution < 1.29 is 19.1 Å². The summed E-state index contributed by atoms with van der Waals surface area (Å²) >= 11 is 5.92. The molecule has 3 heterocycles. The van der Waals surface area contributed by atoms with Gasteiger partial charge in [0.1, 0.15) is 23.4 Å². The third kappa shape index (κ3) is 5.93. The highest BCUT2D eigenvalue weighted by Crippen LogP contribution is 2.27. The van der Waals surface area contributed by atoms with Gasteiger partial charge in [0.25, 0.3) is 0 Å². The minimum atomic E-state index is -0.682. The number of nitrogens with one attached hydrogen (secondary N) is 1. The molecule has 0 radical (unpaired) electrons. The zero-order valence-corrected chi connectivity index (χ0v) is 18.3. The fourth-order valence-electron chi connectivity index (χ4n) is 2.99. The van der Waals surface area contributed by atoms with E-state index in [1.165, 1.54) is 6.33 Å². The molecule has 0 aliphatic carbocycles. The number of piperidine rings is 1. The standard InChI is InChI=1S/C20H26ClN5O4/c1-12(2)28-20(27)30-26-9-7-15(8-10-26)29-19-13(3)18(22-11-23-19)25-16-5-6-17(21)24-14(16)4/h5-6,11-12,15H,7-10H2,1-4H3,(H,22,23,25). The summed E-state index contributed by atoms with van der Waals surface area (Å²) in [5, 5.41) is 5.29. The highest BCUT2D eigenvalue weighted by Gasteiger charge is 2.25. The Labute approximate surface area is 180 Å². The maximum atomic E-state index is 11.6. The van der Waals surface area contributed by atoms with Gasteiger partial charge in [-0.25, -0.2) is 19.7 Å². The summed E-state index contributed by atoms with van der Waals surface area (Å²) in [7, 11) is 0. The molecule has 1 saturated heterocycles. The van der Waals surface area contributed by atoms with Gasteiger partial charge < -0.3 is 19.6 Å². The molecule has 1 aliphatic rings. The first-order valence-electron chi connectivity index (χ1n) is 9.83. The first kappa shape index (κ1) is 22.0. The van der Waals surface area contributed by atoms with Gasteiger partial charge in [0.2, 0.25) is 5.88 Å². The largest absolute Gasteiger partial charge is 0.528 e. The van der Waals surface area contributed by atoms with Gasteiger partial charge >= 0.3 is 6.16 Å². The van der Waals surface area contributed by atoms with Crippen molar-refractivity contribution in [3.05, 3.63) is 34.9 Å². The van der Waals surface area contributed by atoms with Gasteiger partial charge in [0.05, 0.1) is 23.0 Å². The smallest absolute Gasteiger partial charge is 0.474 e. The SMILES string of the molecule is Cc1nc(Cl)ccc1Nc1ncnc(OC2CCN(OC(=O)OC(C)C)CC2)c1C. The molecule has 1 N–H and O–H groups in total. The van der Waals surface area contributed by atoms with Gasteiger partial charge in [0, 0.05) is 25.9 Å². The molecule has 0 aromatic carbocycles. The van der Waals surface area contributed by atoms with Crippen LogP contribution in [0.25, 0.3) is 0 Å². The average molecular weight is 436 g/mol. The number of carbonyl (C=O) groups is 1. The van der Waals surface area contributed by atoms with Crippen LogP contribution in [0.15, 0.2) is 18.5 Å². The number of aryl methyl sites for hydroxylation is 1. The van der Waals surface area contributed by atoms with Crippen LogP contribution in [0.3, 0.4) is 0 Å². The fourth-order valence-corrected chi connectivity index (χ4v) is 3.18. The van der Waals surface area contributed by atoms with Gasteiger partial charge in [-0.2, -0.15) is 0 Å². The molecule has 162 valence electrons. The number of hydrogen-bond donors (Lipinski definition) is 1. The van der Waals surface area contributed by atoms with Crippen LogP contribution in [0.4, 0.5) is 16.3 Å². The van der Waals surface area contributed by atoms with Gasteiger partial charge in [0.15, 0.2) is 0 Å². The molecule has 2 aromatic heterocycles. The predicted octanol–water partition coefficient (Wildman–Crippen LogP) is 4.21. The molecule has 1 fully saturated rings. The van der Waals surface area contributed by atoms with Crippen molar-refractivity contribution in [1.29, 1.82) is 0 Å². The summed E-state index contributed by atoms with van der Waals surface area (Å²) in [6.07, 6.45) is 1.92. The van der Waals surface area contributed by atoms with Crippen molar-refractivity contribution in [3.63, 3.8) is 0 Å². The molecule has 0 bridgehead atoms. The maximum Gasteiger partial charge on any atom is 0.528 e. The van der Waals surface area contributed by atoms with Gasteiger partial charge in [-0.05, 0) is 39.8 Å². The number of rotatable bonds is 6. The highest BCUT2D eigenvalue weighted by atomic mass is 35.5. The minimum Gasteiger partial charge on any atom is -0.474 e. The molecule has 9 nitrogen and oxygen atoms in total. The Balaban J connectivity index is 1.58. The predicted molar refractivity (Wildman–Crippen MR) is 112 cm³/mol. The second-order valence-electron chi connectivity index (χ2n) is 7.30. The van der Waals surface area contributed by atoms with Crippen molar-refractivity contribution in [2.24, 2.45) is 0 Å². The Morgan fingerprint density at radius 3 is 2.63 bits per heavy atom. The number of ether oxygens (including phenoxy) is 2. The summed E-state index contributed by atoms with van der Waals surface area (Å²) in [6.45, 7) is 8.44. The van der Waals surface area contributed by atoms with Gasteiger partial charge in [-0.3, -0.25) is 0 Å². The molecule has 0 atom stereocenters. The molecular weight excluding hydrogens is 410 g/mol. The molecule has 10 heteroatoms. The molecule has 2 aromatic rings. The van der Waals surface area contributed by atoms with Crippen LogP contribution in [0.1, 0.15) is 37.9 Å². The van der Waals surface area contributed by atoms with Crippen LogP contribution in [0, 0.1) is 13.8 Å². The van der Waals surface area contributed by atoms with Crippen LogP contribution in [0.2, 0.25) is 5.15 Å². The molecule has 0 unspecified atom stereocenters. The number of nitrogens with zero attached hydrogens (tertiary/aromatic N) is 4. The van der Waals surface area contributed by atoms with E-state index in [1.54, 1.807) is 25.0 Å². The van der Waals surface area contributed by atoms with E-state index < -0.39 is 6.16 Å². The number of aromatic nitrogens is 3. The maximum absolute atomic E-state index is 11.6. The number of hydroxylamine groups is 2. The zero-order chi connectivity index (χ0) is 21.7. The van der Waals surface area contributed by atoms with Crippen molar-refractivity contribution in [2.75, 3.05) is 18.4 Å². The zero-order valence-electron chi connectivity index (χ0n) is 17.5. The van der Waals surface area contributed by atoms with Crippen LogP contribution in [-0.2, 0) is 9.57 Å². The third-order valence-corrected chi connectivity index (χ3v) is 4.77. The molecule has 3 rings (SSSR count). The summed E-state index contributed by atoms with van der Waals surface area (Å²) in [5.41, 5.74) is 2.38. The number of hydrogen-bond acceptors (Lipinski definition) is 9. The van der Waals surface area contributed by atoms with E-state index in [0.717, 1.165) is 16.9 Å². The Kier molecular flexibility index (Phi) is 7.28. The second kappa shape index (κ2) is 9.90. The lowest BCUT2D eigenvalue weighted by Gasteiger charge is -2.30. The fraction of sp³-hybridized carbons (Fsp3) is 0.500. The summed E-state index contributed by atoms with van der Waals surface area (Å²) < 4.78 is 11.1. The molecular formula is C20H26ClN5O4. The van der Waals surface area contributed by atoms with Gasteiger partial charge in [-0.1, -0.05) is 11.6 Å². The van der Waals surface area contributed by atoms with E-state index in [2.05, 4.69) is 20.3 Å². The van der Waals surface area contributed by atoms with E-state index in [9.17, 15) is 4.79 Å². The molecule has 0 saturated carbocycles. The molecule has 0 spiro atoms. The lowest BCUT2D eigenvalue weighted by atomic mass is 10.1. The Hall–Kier alpha value is -2.65. The second-order valence-corrected chi connectivity index (χ2v) is 7.69. The Bertz CT molecular complexity index is 887. The van der Waals surface area contributed by atoms with E-state index in [-0.39, 0.29) is 12.2 Å². The number of anilines is 2. The monoisotopic (exact) mass is 435 g/mol. The lowest BCUT2D eigenvalue weighted by molar-refractivity contribution is -0.151. The molecule has 0 amide bonds. The van der Waals surface area contributed by atoms with Crippen molar-refractivity contribution in [2.45, 2.75) is 52.7 Å². The minimum absolute atomic E-state index is 0.0358. The Morgan fingerprint density at radius 2 is 1.97 bits per heavy atom. The Morgan fingerprint density at radius 1 is 1.23 bits per heavy atom. The van der Waals surface area contributed by atoms with Crippen LogP contribution in [0.5, 0.6) is 5.88 Å². The van der Waals surface area contributed by atoms with Crippen LogP contribution in [-0.4, -0.2) is 51.5 Å². The highest BCUT2D eigenvalue weighted by molar-refractivity contribution is 6.29. The summed E-state index contributed by atoms with van der Waals surface area (Å²) in [5.74, 6) is 1.16. The van der Waals surface area contributed by atoms with Gasteiger partial charge in [-0.15, -0.1) is 5.06 Å². The van der Waals surface area contributed by atoms with E-state index in [4.69, 9.17) is 25.9 Å². The summed E-state index contributed by atoms with van der Waals surface area (Å²) in [6, 6.07) is 3.57. The molecule has 30 heavy (non-hydrogen) atoms. The number of carbonyl (C=O) groups excluding carboxylic acids is 1. The quantitative estimate of drug-likeness (QED) is 0.528. The van der Waals surface area contributed by atoms with Crippen molar-refractivity contribution in [3.8, 4) is 5.88 Å². The summed E-state index contributed by atoms with van der Waals surface area (Å²) in [4.78, 5) is 29.6. The first-order valence-corrected chi connectivity index (χ1v) is 10.2. The number of halogens is 1. The number of pyridine rings is 1. The van der Waals surface area contributed by atoms with E-state index in [1.807, 2.05) is 19.9 Å². The molecule has 1 aliphatic heterocycles. The van der Waals surface area contributed by atoms with Crippen LogP contribution < -0.4 is 10.1 Å².